The Balaban J connectivity index is 1.74. The highest BCUT2D eigenvalue weighted by Gasteiger charge is 2.14. The average Bonchev–Trinajstić information content (AvgIpc) is 2.94. The number of nitrogens with zero attached hydrogens (tertiary/aromatic N) is 3. The minimum absolute atomic E-state index is 0.209. The summed E-state index contributed by atoms with van der Waals surface area (Å²) < 4.78 is 5.17. The molecular formula is C18H16N4O2. The summed E-state index contributed by atoms with van der Waals surface area (Å²) in [5.74, 6) is 0.542. The van der Waals surface area contributed by atoms with Gasteiger partial charge in [0.05, 0.1) is 12.2 Å². The van der Waals surface area contributed by atoms with Gasteiger partial charge >= 0.3 is 0 Å². The summed E-state index contributed by atoms with van der Waals surface area (Å²) in [6, 6.07) is 7.27. The molecule has 2 aromatic rings. The number of amides is 1. The van der Waals surface area contributed by atoms with E-state index in [2.05, 4.69) is 10.5 Å². The first-order valence-electron chi connectivity index (χ1n) is 7.47. The number of benzene rings is 1. The van der Waals surface area contributed by atoms with Gasteiger partial charge in [-0.1, -0.05) is 17.3 Å². The Bertz CT molecular complexity index is 850. The molecule has 120 valence electrons. The Morgan fingerprint density at radius 3 is 2.71 bits per heavy atom. The molecule has 1 aromatic carbocycles. The van der Waals surface area contributed by atoms with Crippen molar-refractivity contribution in [3.05, 3.63) is 65.3 Å². The molecule has 0 unspecified atom stereocenters. The molecule has 0 atom stereocenters. The molecule has 6 heteroatoms. The van der Waals surface area contributed by atoms with Crippen molar-refractivity contribution < 1.29 is 9.32 Å². The number of hydrogen-bond acceptors (Lipinski definition) is 5. The van der Waals surface area contributed by atoms with E-state index >= 15 is 0 Å². The van der Waals surface area contributed by atoms with Crippen molar-refractivity contribution in [3.8, 4) is 17.3 Å². The van der Waals surface area contributed by atoms with Gasteiger partial charge in [-0.2, -0.15) is 5.26 Å². The molecule has 1 amide bonds. The van der Waals surface area contributed by atoms with Crippen molar-refractivity contribution in [3.63, 3.8) is 0 Å². The average molecular weight is 320 g/mol. The summed E-state index contributed by atoms with van der Waals surface area (Å²) >= 11 is 0. The number of aryl methyl sites for hydroxylation is 2. The number of nitriles is 1. The lowest BCUT2D eigenvalue weighted by Gasteiger charge is -2.17. The predicted molar refractivity (Wildman–Crippen MR) is 88.4 cm³/mol. The Labute approximate surface area is 139 Å². The maximum atomic E-state index is 12.3. The third-order valence-corrected chi connectivity index (χ3v) is 3.78. The first-order chi connectivity index (χ1) is 11.6. The number of allylic oxidation sites excluding steroid dienone is 2. The second-order valence-electron chi connectivity index (χ2n) is 5.49. The van der Waals surface area contributed by atoms with Gasteiger partial charge in [0.25, 0.3) is 5.91 Å². The number of aromatic nitrogens is 1. The molecule has 0 saturated heterocycles. The summed E-state index contributed by atoms with van der Waals surface area (Å²) in [7, 11) is 0. The van der Waals surface area contributed by atoms with E-state index < -0.39 is 0 Å². The van der Waals surface area contributed by atoms with Gasteiger partial charge in [-0.05, 0) is 43.7 Å². The zero-order valence-electron chi connectivity index (χ0n) is 13.4. The van der Waals surface area contributed by atoms with Crippen molar-refractivity contribution in [1.82, 2.24) is 15.4 Å². The summed E-state index contributed by atoms with van der Waals surface area (Å²) in [4.78, 5) is 13.8. The zero-order valence-corrected chi connectivity index (χ0v) is 13.4. The van der Waals surface area contributed by atoms with Crippen LogP contribution in [0, 0.1) is 25.3 Å². The highest BCUT2D eigenvalue weighted by atomic mass is 16.5. The molecule has 1 aliphatic heterocycles. The predicted octanol–water partition coefficient (Wildman–Crippen LogP) is 2.88. The summed E-state index contributed by atoms with van der Waals surface area (Å²) in [6.07, 6.45) is 7.19. The highest BCUT2D eigenvalue weighted by Crippen LogP contribution is 2.26. The molecule has 3 rings (SSSR count). The van der Waals surface area contributed by atoms with Gasteiger partial charge < -0.3 is 9.84 Å². The Morgan fingerprint density at radius 2 is 2.08 bits per heavy atom. The van der Waals surface area contributed by atoms with Gasteiger partial charge in [0, 0.05) is 23.0 Å². The van der Waals surface area contributed by atoms with Crippen LogP contribution in [0.25, 0.3) is 11.1 Å². The fourth-order valence-electron chi connectivity index (χ4n) is 2.60. The zero-order chi connectivity index (χ0) is 17.1. The maximum Gasteiger partial charge on any atom is 0.255 e. The molecule has 0 fully saturated rings. The van der Waals surface area contributed by atoms with Crippen molar-refractivity contribution in [2.24, 2.45) is 0 Å². The number of carbonyl (C=O) groups is 1. The van der Waals surface area contributed by atoms with Crippen molar-refractivity contribution in [1.29, 1.82) is 5.26 Å². The van der Waals surface area contributed by atoms with Gasteiger partial charge in [0.2, 0.25) is 0 Å². The second-order valence-corrected chi connectivity index (χ2v) is 5.49. The Hall–Kier alpha value is -3.33. The summed E-state index contributed by atoms with van der Waals surface area (Å²) in [5.41, 5.74) is 3.95. The minimum Gasteiger partial charge on any atom is -0.361 e. The van der Waals surface area contributed by atoms with Crippen molar-refractivity contribution >= 4 is 5.91 Å². The first kappa shape index (κ1) is 15.6. The van der Waals surface area contributed by atoms with E-state index in [1.54, 1.807) is 30.5 Å². The quantitative estimate of drug-likeness (QED) is 0.879. The topological polar surface area (TPSA) is 82.2 Å². The normalized spacial score (nSPS) is 13.4. The van der Waals surface area contributed by atoms with Gasteiger partial charge in [-0.25, -0.2) is 0 Å². The number of hydrogen-bond donors (Lipinski definition) is 1. The maximum absolute atomic E-state index is 12.3. The molecule has 0 aliphatic carbocycles. The van der Waals surface area contributed by atoms with E-state index in [0.29, 0.717) is 17.8 Å². The van der Waals surface area contributed by atoms with E-state index in [-0.39, 0.29) is 5.91 Å². The Kier molecular flexibility index (Phi) is 4.17. The van der Waals surface area contributed by atoms with E-state index in [1.807, 2.05) is 32.2 Å². The van der Waals surface area contributed by atoms with E-state index in [0.717, 1.165) is 22.6 Å². The van der Waals surface area contributed by atoms with Crippen LogP contribution in [0.1, 0.15) is 21.8 Å². The molecule has 24 heavy (non-hydrogen) atoms. The van der Waals surface area contributed by atoms with E-state index in [1.165, 1.54) is 4.90 Å². The molecule has 1 aliphatic rings. The molecule has 0 bridgehead atoms. The minimum atomic E-state index is -0.209. The molecule has 6 nitrogen and oxygen atoms in total. The fourth-order valence-corrected chi connectivity index (χ4v) is 2.60. The second kappa shape index (κ2) is 6.42. The van der Waals surface area contributed by atoms with E-state index in [9.17, 15) is 4.79 Å². The lowest BCUT2D eigenvalue weighted by molar-refractivity contribution is 0.0964. The largest absolute Gasteiger partial charge is 0.361 e. The third-order valence-electron chi connectivity index (χ3n) is 3.78. The number of rotatable bonds is 3. The van der Waals surface area contributed by atoms with Gasteiger partial charge in [-0.3, -0.25) is 9.69 Å². The Morgan fingerprint density at radius 1 is 1.33 bits per heavy atom. The molecule has 0 spiro atoms. The van der Waals surface area contributed by atoms with E-state index in [4.69, 9.17) is 9.78 Å². The van der Waals surface area contributed by atoms with Crippen LogP contribution in [0.3, 0.4) is 0 Å². The van der Waals surface area contributed by atoms with Gasteiger partial charge in [-0.15, -0.1) is 0 Å². The SMILES string of the molecule is Cc1noc(C)c1-c1ccc(C(=O)NC2=CC=CN(C#N)C2)cc1. The lowest BCUT2D eigenvalue weighted by Crippen LogP contribution is -2.30. The molecule has 1 aromatic heterocycles. The van der Waals surface area contributed by atoms with Crippen LogP contribution in [-0.4, -0.2) is 22.5 Å². The van der Waals surface area contributed by atoms with Crippen LogP contribution in [-0.2, 0) is 0 Å². The number of nitrogens with one attached hydrogen (secondary N) is 1. The van der Waals surface area contributed by atoms with Gasteiger partial charge in [0.1, 0.15) is 5.76 Å². The monoisotopic (exact) mass is 320 g/mol. The standard InChI is InChI=1S/C18H16N4O2/c1-12-17(13(2)24-21-12)14-5-7-15(8-6-14)18(23)20-16-4-3-9-22(10-16)11-19/h3-9H,10H2,1-2H3,(H,20,23). The molecule has 0 saturated carbocycles. The molecular weight excluding hydrogens is 304 g/mol. The highest BCUT2D eigenvalue weighted by molar-refractivity contribution is 5.95. The van der Waals surface area contributed by atoms with Crippen LogP contribution in [0.2, 0.25) is 0 Å². The summed E-state index contributed by atoms with van der Waals surface area (Å²) in [6.45, 7) is 4.10. The molecule has 2 heterocycles. The van der Waals surface area contributed by atoms with Crippen molar-refractivity contribution in [2.45, 2.75) is 13.8 Å². The van der Waals surface area contributed by atoms with Crippen LogP contribution in [0.4, 0.5) is 0 Å². The third kappa shape index (κ3) is 3.06. The number of carbonyl (C=O) groups excluding carboxylic acids is 1. The van der Waals surface area contributed by atoms with Crippen LogP contribution >= 0.6 is 0 Å². The van der Waals surface area contributed by atoms with Crippen molar-refractivity contribution in [2.75, 3.05) is 6.54 Å². The fraction of sp³-hybridized carbons (Fsp3) is 0.167. The van der Waals surface area contributed by atoms with Gasteiger partial charge in [0.15, 0.2) is 6.19 Å². The lowest BCUT2D eigenvalue weighted by atomic mass is 10.0. The molecule has 0 radical (unpaired) electrons. The smallest absolute Gasteiger partial charge is 0.255 e. The summed E-state index contributed by atoms with van der Waals surface area (Å²) in [5, 5.41) is 15.7. The van der Waals surface area contributed by atoms with Crippen LogP contribution < -0.4 is 5.32 Å². The first-order valence-corrected chi connectivity index (χ1v) is 7.47. The van der Waals surface area contributed by atoms with Crippen LogP contribution in [0.15, 0.2) is 52.8 Å². The van der Waals surface area contributed by atoms with Crippen LogP contribution in [0.5, 0.6) is 0 Å². The molecule has 1 N–H and O–H groups in total.